The van der Waals surface area contributed by atoms with Crippen LogP contribution in [0.3, 0.4) is 0 Å². The number of aliphatic hydroxyl groups excluding tert-OH is 1. The molecule has 0 saturated carbocycles. The summed E-state index contributed by atoms with van der Waals surface area (Å²) in [6.07, 6.45) is 0.620. The lowest BCUT2D eigenvalue weighted by Crippen LogP contribution is -2.23. The normalized spacial score (nSPS) is 26.7. The van der Waals surface area contributed by atoms with Crippen molar-refractivity contribution in [2.45, 2.75) is 18.6 Å². The summed E-state index contributed by atoms with van der Waals surface area (Å²) in [5.41, 5.74) is 3.65. The fourth-order valence-corrected chi connectivity index (χ4v) is 1.53. The van der Waals surface area contributed by atoms with Gasteiger partial charge in [-0.15, -0.1) is 0 Å². The van der Waals surface area contributed by atoms with Gasteiger partial charge in [-0.05, 0) is 24.1 Å². The maximum Gasteiger partial charge on any atom is 0.123 e. The van der Waals surface area contributed by atoms with E-state index >= 15 is 0 Å². The molecule has 1 aromatic carbocycles. The van der Waals surface area contributed by atoms with Gasteiger partial charge in [-0.25, -0.2) is 4.39 Å². The van der Waals surface area contributed by atoms with E-state index in [0.717, 1.165) is 5.56 Å². The van der Waals surface area contributed by atoms with Gasteiger partial charge in [0.05, 0.1) is 12.6 Å². The molecule has 1 fully saturated rings. The van der Waals surface area contributed by atoms with Gasteiger partial charge >= 0.3 is 0 Å². The molecular formula is C10H12FNO2. The lowest BCUT2D eigenvalue weighted by Gasteiger charge is -2.07. The molecule has 3 nitrogen and oxygen atoms in total. The highest BCUT2D eigenvalue weighted by Crippen LogP contribution is 2.26. The van der Waals surface area contributed by atoms with Gasteiger partial charge in [0, 0.05) is 0 Å². The number of hydrogen-bond donors (Lipinski definition) is 2. The molecule has 2 rings (SSSR count). The van der Waals surface area contributed by atoms with Crippen LogP contribution in [0, 0.1) is 5.82 Å². The maximum atomic E-state index is 12.6. The fourth-order valence-electron chi connectivity index (χ4n) is 1.53. The average molecular weight is 197 g/mol. The van der Waals surface area contributed by atoms with Gasteiger partial charge in [0.15, 0.2) is 0 Å². The molecule has 1 aromatic rings. The van der Waals surface area contributed by atoms with Crippen LogP contribution in [0.5, 0.6) is 0 Å². The summed E-state index contributed by atoms with van der Waals surface area (Å²) in [5.74, 6) is -0.251. The Morgan fingerprint density at radius 1 is 1.43 bits per heavy atom. The van der Waals surface area contributed by atoms with Crippen LogP contribution in [0.2, 0.25) is 0 Å². The maximum absolute atomic E-state index is 12.6. The van der Waals surface area contributed by atoms with Crippen molar-refractivity contribution in [1.82, 2.24) is 5.48 Å². The molecule has 1 heterocycles. The van der Waals surface area contributed by atoms with E-state index in [1.807, 2.05) is 0 Å². The van der Waals surface area contributed by atoms with E-state index in [1.165, 1.54) is 12.1 Å². The van der Waals surface area contributed by atoms with Gasteiger partial charge < -0.3 is 5.11 Å². The first-order valence-electron chi connectivity index (χ1n) is 4.57. The van der Waals surface area contributed by atoms with Crippen LogP contribution in [0.1, 0.15) is 18.1 Å². The lowest BCUT2D eigenvalue weighted by molar-refractivity contribution is 0.0204. The highest BCUT2D eigenvalue weighted by atomic mass is 19.1. The van der Waals surface area contributed by atoms with Crippen molar-refractivity contribution in [1.29, 1.82) is 0 Å². The van der Waals surface area contributed by atoms with Gasteiger partial charge in [0.2, 0.25) is 0 Å². The molecule has 1 saturated heterocycles. The molecule has 0 amide bonds. The topological polar surface area (TPSA) is 41.5 Å². The van der Waals surface area contributed by atoms with Crippen molar-refractivity contribution in [3.8, 4) is 0 Å². The first-order valence-corrected chi connectivity index (χ1v) is 4.57. The van der Waals surface area contributed by atoms with Gasteiger partial charge in [-0.1, -0.05) is 12.1 Å². The van der Waals surface area contributed by atoms with Crippen LogP contribution in [-0.2, 0) is 4.84 Å². The van der Waals surface area contributed by atoms with Crippen LogP contribution in [0.15, 0.2) is 24.3 Å². The number of nitrogens with one attached hydrogen (secondary N) is 1. The second-order valence-corrected chi connectivity index (χ2v) is 3.39. The Morgan fingerprint density at radius 3 is 2.71 bits per heavy atom. The van der Waals surface area contributed by atoms with E-state index in [-0.39, 0.29) is 24.6 Å². The zero-order chi connectivity index (χ0) is 9.97. The van der Waals surface area contributed by atoms with E-state index in [2.05, 4.69) is 5.48 Å². The highest BCUT2D eigenvalue weighted by molar-refractivity contribution is 5.19. The summed E-state index contributed by atoms with van der Waals surface area (Å²) in [6, 6.07) is 6.18. The zero-order valence-corrected chi connectivity index (χ0v) is 7.61. The Kier molecular flexibility index (Phi) is 2.77. The third-order valence-corrected chi connectivity index (χ3v) is 2.34. The standard InChI is InChI=1S/C10H12FNO2/c11-8-3-1-7(2-4-8)10-5-9(6-13)12-14-10/h1-4,9-10,12-13H,5-6H2. The Morgan fingerprint density at radius 2 is 2.14 bits per heavy atom. The predicted molar refractivity (Wildman–Crippen MR) is 48.9 cm³/mol. The molecule has 0 aromatic heterocycles. The van der Waals surface area contributed by atoms with Gasteiger partial charge in [-0.3, -0.25) is 4.84 Å². The Bertz CT molecular complexity index is 301. The van der Waals surface area contributed by atoms with Crippen LogP contribution in [0.25, 0.3) is 0 Å². The number of rotatable bonds is 2. The quantitative estimate of drug-likeness (QED) is 0.747. The fraction of sp³-hybridized carbons (Fsp3) is 0.400. The van der Waals surface area contributed by atoms with Crippen LogP contribution in [-0.4, -0.2) is 17.8 Å². The molecule has 2 N–H and O–H groups in total. The summed E-state index contributed by atoms with van der Waals surface area (Å²) in [7, 11) is 0. The minimum absolute atomic E-state index is 0.0231. The molecule has 0 aliphatic carbocycles. The summed E-state index contributed by atoms with van der Waals surface area (Å²) in [6.45, 7) is 0.0533. The largest absolute Gasteiger partial charge is 0.395 e. The summed E-state index contributed by atoms with van der Waals surface area (Å²) in [4.78, 5) is 5.25. The molecular weight excluding hydrogens is 185 g/mol. The smallest absolute Gasteiger partial charge is 0.123 e. The van der Waals surface area contributed by atoms with Gasteiger partial charge in [0.25, 0.3) is 0 Å². The van der Waals surface area contributed by atoms with Crippen molar-refractivity contribution in [2.75, 3.05) is 6.61 Å². The van der Waals surface area contributed by atoms with Crippen molar-refractivity contribution >= 4 is 0 Å². The van der Waals surface area contributed by atoms with Crippen molar-refractivity contribution < 1.29 is 14.3 Å². The van der Waals surface area contributed by atoms with Crippen LogP contribution in [0.4, 0.5) is 4.39 Å². The van der Waals surface area contributed by atoms with Crippen LogP contribution >= 0.6 is 0 Å². The molecule has 1 aliphatic heterocycles. The lowest BCUT2D eigenvalue weighted by atomic mass is 10.0. The third-order valence-electron chi connectivity index (χ3n) is 2.34. The first kappa shape index (κ1) is 9.58. The molecule has 0 spiro atoms. The van der Waals surface area contributed by atoms with E-state index < -0.39 is 0 Å². The second kappa shape index (κ2) is 4.04. The molecule has 2 atom stereocenters. The summed E-state index contributed by atoms with van der Waals surface area (Å²) in [5, 5.41) is 8.87. The minimum Gasteiger partial charge on any atom is -0.395 e. The second-order valence-electron chi connectivity index (χ2n) is 3.39. The number of hydroxylamine groups is 1. The number of halogens is 1. The molecule has 14 heavy (non-hydrogen) atoms. The summed E-state index contributed by atoms with van der Waals surface area (Å²) < 4.78 is 12.6. The average Bonchev–Trinajstić information content (AvgIpc) is 2.67. The Labute approximate surface area is 81.5 Å². The van der Waals surface area contributed by atoms with E-state index in [9.17, 15) is 4.39 Å². The monoisotopic (exact) mass is 197 g/mol. The SMILES string of the molecule is OCC1CC(c2ccc(F)cc2)ON1. The van der Waals surface area contributed by atoms with E-state index in [4.69, 9.17) is 9.94 Å². The van der Waals surface area contributed by atoms with Crippen molar-refractivity contribution in [3.05, 3.63) is 35.6 Å². The molecule has 4 heteroatoms. The van der Waals surface area contributed by atoms with Gasteiger partial charge in [-0.2, -0.15) is 5.48 Å². The predicted octanol–water partition coefficient (Wildman–Crippen LogP) is 1.15. The summed E-state index contributed by atoms with van der Waals surface area (Å²) >= 11 is 0. The molecule has 1 aliphatic rings. The minimum atomic E-state index is -0.251. The number of aliphatic hydroxyl groups is 1. The third kappa shape index (κ3) is 1.92. The van der Waals surface area contributed by atoms with Crippen molar-refractivity contribution in [2.24, 2.45) is 0 Å². The highest BCUT2D eigenvalue weighted by Gasteiger charge is 2.25. The molecule has 0 bridgehead atoms. The first-order chi connectivity index (χ1) is 6.79. The number of benzene rings is 1. The molecule has 0 radical (unpaired) electrons. The van der Waals surface area contributed by atoms with Gasteiger partial charge in [0.1, 0.15) is 11.9 Å². The zero-order valence-electron chi connectivity index (χ0n) is 7.61. The van der Waals surface area contributed by atoms with E-state index in [0.29, 0.717) is 6.42 Å². The molecule has 76 valence electrons. The Balaban J connectivity index is 2.06. The number of hydrogen-bond acceptors (Lipinski definition) is 3. The van der Waals surface area contributed by atoms with Crippen LogP contribution < -0.4 is 5.48 Å². The Hall–Kier alpha value is -0.970. The van der Waals surface area contributed by atoms with E-state index in [1.54, 1.807) is 12.1 Å². The molecule has 2 unspecified atom stereocenters. The van der Waals surface area contributed by atoms with Crippen molar-refractivity contribution in [3.63, 3.8) is 0 Å².